The average molecular weight is 327 g/mol. The van der Waals surface area contributed by atoms with E-state index < -0.39 is 0 Å². The Kier molecular flexibility index (Phi) is 4.42. The number of hydrogen-bond acceptors (Lipinski definition) is 4. The summed E-state index contributed by atoms with van der Waals surface area (Å²) < 4.78 is 12.5. The Balaban J connectivity index is 1.91. The SMILES string of the molecule is COc1ccccc1C(=O)c1ccc2n1CCC2C(=O)OC(C)C. The normalized spacial score (nSPS) is 16.1. The van der Waals surface area contributed by atoms with Crippen molar-refractivity contribution in [1.82, 2.24) is 4.57 Å². The van der Waals surface area contributed by atoms with Crippen LogP contribution in [0.2, 0.25) is 0 Å². The summed E-state index contributed by atoms with van der Waals surface area (Å²) >= 11 is 0. The molecule has 1 aliphatic heterocycles. The summed E-state index contributed by atoms with van der Waals surface area (Å²) in [6.07, 6.45) is 0.518. The highest BCUT2D eigenvalue weighted by Crippen LogP contribution is 2.33. The fraction of sp³-hybridized carbons (Fsp3) is 0.368. The van der Waals surface area contributed by atoms with Gasteiger partial charge in [-0.1, -0.05) is 12.1 Å². The number of fused-ring (bicyclic) bond motifs is 1. The first-order chi connectivity index (χ1) is 11.5. The van der Waals surface area contributed by atoms with E-state index in [2.05, 4.69) is 0 Å². The number of ketones is 1. The van der Waals surface area contributed by atoms with E-state index >= 15 is 0 Å². The lowest BCUT2D eigenvalue weighted by Gasteiger charge is -2.12. The summed E-state index contributed by atoms with van der Waals surface area (Å²) in [5.74, 6) is -0.0758. The molecule has 24 heavy (non-hydrogen) atoms. The molecule has 5 heteroatoms. The molecule has 2 aromatic rings. The monoisotopic (exact) mass is 327 g/mol. The van der Waals surface area contributed by atoms with Gasteiger partial charge in [-0.2, -0.15) is 0 Å². The van der Waals surface area contributed by atoms with E-state index in [-0.39, 0.29) is 23.8 Å². The van der Waals surface area contributed by atoms with Gasteiger partial charge in [-0.05, 0) is 44.5 Å². The van der Waals surface area contributed by atoms with Crippen LogP contribution < -0.4 is 4.74 Å². The molecule has 0 N–H and O–H groups in total. The number of benzene rings is 1. The van der Waals surface area contributed by atoms with Crippen LogP contribution in [0.3, 0.4) is 0 Å². The predicted octanol–water partition coefficient (Wildman–Crippen LogP) is 3.17. The van der Waals surface area contributed by atoms with Crippen LogP contribution in [0.1, 0.15) is 47.9 Å². The maximum absolute atomic E-state index is 12.9. The molecule has 1 aromatic carbocycles. The number of esters is 1. The Hall–Kier alpha value is -2.56. The zero-order valence-corrected chi connectivity index (χ0v) is 14.1. The van der Waals surface area contributed by atoms with Gasteiger partial charge in [0.25, 0.3) is 0 Å². The first-order valence-corrected chi connectivity index (χ1v) is 8.10. The molecule has 0 saturated heterocycles. The Bertz CT molecular complexity index is 775. The number of rotatable bonds is 5. The van der Waals surface area contributed by atoms with E-state index in [1.807, 2.05) is 36.6 Å². The maximum atomic E-state index is 12.9. The van der Waals surface area contributed by atoms with Crippen molar-refractivity contribution in [1.29, 1.82) is 0 Å². The largest absolute Gasteiger partial charge is 0.496 e. The minimum atomic E-state index is -0.299. The zero-order valence-electron chi connectivity index (χ0n) is 14.1. The number of hydrogen-bond donors (Lipinski definition) is 0. The topological polar surface area (TPSA) is 57.5 Å². The third-order valence-electron chi connectivity index (χ3n) is 4.23. The lowest BCUT2D eigenvalue weighted by Crippen LogP contribution is -2.18. The van der Waals surface area contributed by atoms with E-state index in [0.717, 1.165) is 5.69 Å². The predicted molar refractivity (Wildman–Crippen MR) is 89.4 cm³/mol. The van der Waals surface area contributed by atoms with E-state index in [1.54, 1.807) is 25.3 Å². The summed E-state index contributed by atoms with van der Waals surface area (Å²) in [7, 11) is 1.55. The Morgan fingerprint density at radius 3 is 2.62 bits per heavy atom. The molecule has 0 spiro atoms. The van der Waals surface area contributed by atoms with Gasteiger partial charge in [0.05, 0.1) is 30.4 Å². The van der Waals surface area contributed by atoms with Crippen LogP contribution in [0.25, 0.3) is 0 Å². The van der Waals surface area contributed by atoms with Crippen LogP contribution in [-0.2, 0) is 16.1 Å². The van der Waals surface area contributed by atoms with Gasteiger partial charge < -0.3 is 14.0 Å². The molecule has 1 aliphatic rings. The molecule has 126 valence electrons. The van der Waals surface area contributed by atoms with Crippen LogP contribution in [0.5, 0.6) is 5.75 Å². The van der Waals surface area contributed by atoms with Crippen molar-refractivity contribution < 1.29 is 19.1 Å². The molecule has 0 bridgehead atoms. The third-order valence-corrected chi connectivity index (χ3v) is 4.23. The first kappa shape index (κ1) is 16.3. The highest BCUT2D eigenvalue weighted by Gasteiger charge is 2.33. The standard InChI is InChI=1S/C19H21NO4/c1-12(2)24-19(22)13-10-11-20-15(13)8-9-16(20)18(21)14-6-4-5-7-17(14)23-3/h4-9,12-13H,10-11H2,1-3H3. The summed E-state index contributed by atoms with van der Waals surface area (Å²) in [5, 5.41) is 0. The van der Waals surface area contributed by atoms with Gasteiger partial charge >= 0.3 is 5.97 Å². The molecule has 0 saturated carbocycles. The number of methoxy groups -OCH3 is 1. The third kappa shape index (κ3) is 2.82. The highest BCUT2D eigenvalue weighted by atomic mass is 16.5. The number of nitrogens with zero attached hydrogens (tertiary/aromatic N) is 1. The molecule has 0 amide bonds. The van der Waals surface area contributed by atoms with Crippen molar-refractivity contribution in [2.75, 3.05) is 7.11 Å². The minimum Gasteiger partial charge on any atom is -0.496 e. The molecule has 3 rings (SSSR count). The van der Waals surface area contributed by atoms with Crippen molar-refractivity contribution >= 4 is 11.8 Å². The first-order valence-electron chi connectivity index (χ1n) is 8.10. The Morgan fingerprint density at radius 2 is 1.92 bits per heavy atom. The number of carbonyl (C=O) groups is 2. The van der Waals surface area contributed by atoms with Crippen molar-refractivity contribution in [3.8, 4) is 5.75 Å². The number of aromatic nitrogens is 1. The summed E-state index contributed by atoms with van der Waals surface area (Å²) in [6, 6.07) is 10.8. The van der Waals surface area contributed by atoms with Crippen LogP contribution in [0.4, 0.5) is 0 Å². The van der Waals surface area contributed by atoms with Gasteiger partial charge in [-0.15, -0.1) is 0 Å². The second-order valence-electron chi connectivity index (χ2n) is 6.15. The average Bonchev–Trinajstić information content (AvgIpc) is 3.15. The quantitative estimate of drug-likeness (QED) is 0.625. The lowest BCUT2D eigenvalue weighted by atomic mass is 10.0. The van der Waals surface area contributed by atoms with Crippen molar-refractivity contribution in [3.05, 3.63) is 53.3 Å². The fourth-order valence-corrected chi connectivity index (χ4v) is 3.16. The molecular weight excluding hydrogens is 306 g/mol. The minimum absolute atomic E-state index is 0.100. The molecule has 1 unspecified atom stereocenters. The van der Waals surface area contributed by atoms with E-state index in [0.29, 0.717) is 30.0 Å². The van der Waals surface area contributed by atoms with Gasteiger partial charge in [0.15, 0.2) is 0 Å². The molecular formula is C19H21NO4. The molecule has 1 atom stereocenters. The van der Waals surface area contributed by atoms with Crippen LogP contribution in [-0.4, -0.2) is 29.5 Å². The van der Waals surface area contributed by atoms with Gasteiger partial charge in [-0.25, -0.2) is 0 Å². The fourth-order valence-electron chi connectivity index (χ4n) is 3.16. The number of ether oxygens (including phenoxy) is 2. The zero-order chi connectivity index (χ0) is 17.3. The van der Waals surface area contributed by atoms with Crippen molar-refractivity contribution in [2.45, 2.75) is 38.8 Å². The Morgan fingerprint density at radius 1 is 1.17 bits per heavy atom. The van der Waals surface area contributed by atoms with Crippen molar-refractivity contribution in [2.24, 2.45) is 0 Å². The van der Waals surface area contributed by atoms with E-state index in [1.165, 1.54) is 0 Å². The summed E-state index contributed by atoms with van der Waals surface area (Å²) in [5.41, 5.74) is 1.95. The van der Waals surface area contributed by atoms with Crippen molar-refractivity contribution in [3.63, 3.8) is 0 Å². The smallest absolute Gasteiger partial charge is 0.315 e. The molecule has 0 radical (unpaired) electrons. The van der Waals surface area contributed by atoms with Gasteiger partial charge in [0, 0.05) is 12.2 Å². The highest BCUT2D eigenvalue weighted by molar-refractivity contribution is 6.10. The van der Waals surface area contributed by atoms with Crippen LogP contribution in [0.15, 0.2) is 36.4 Å². The molecule has 2 heterocycles. The van der Waals surface area contributed by atoms with Gasteiger partial charge in [-0.3, -0.25) is 9.59 Å². The molecule has 5 nitrogen and oxygen atoms in total. The summed E-state index contributed by atoms with van der Waals surface area (Å²) in [6.45, 7) is 4.31. The van der Waals surface area contributed by atoms with Gasteiger partial charge in [0.2, 0.25) is 5.78 Å². The number of para-hydroxylation sites is 1. The molecule has 0 aliphatic carbocycles. The second-order valence-corrected chi connectivity index (χ2v) is 6.15. The van der Waals surface area contributed by atoms with Gasteiger partial charge in [0.1, 0.15) is 5.75 Å². The molecule has 0 fully saturated rings. The lowest BCUT2D eigenvalue weighted by molar-refractivity contribution is -0.149. The van der Waals surface area contributed by atoms with E-state index in [4.69, 9.17) is 9.47 Å². The molecule has 1 aromatic heterocycles. The van der Waals surface area contributed by atoms with Crippen LogP contribution >= 0.6 is 0 Å². The van der Waals surface area contributed by atoms with E-state index in [9.17, 15) is 9.59 Å². The second kappa shape index (κ2) is 6.51. The maximum Gasteiger partial charge on any atom is 0.315 e. The number of carbonyl (C=O) groups excluding carboxylic acids is 2. The Labute approximate surface area is 141 Å². The van der Waals surface area contributed by atoms with Crippen LogP contribution in [0, 0.1) is 0 Å². The summed E-state index contributed by atoms with van der Waals surface area (Å²) in [4.78, 5) is 25.1.